The molecule has 6 nitrogen and oxygen atoms in total. The standard InChI is InChI=1S/C15H15F3N2O4S3/c1-19-26(21,22)11-6-8-12(9-7-11)27(23,24)20-13-4-2-3-5-14(13)25-10-15(16,17)18/h2-9,19-20H,10H2,1H3. The van der Waals surface area contributed by atoms with E-state index in [4.69, 9.17) is 0 Å². The zero-order valence-corrected chi connectivity index (χ0v) is 16.3. The Balaban J connectivity index is 2.27. The molecule has 2 N–H and O–H groups in total. The number of rotatable bonds is 7. The molecule has 0 heterocycles. The van der Waals surface area contributed by atoms with E-state index in [9.17, 15) is 30.0 Å². The third-order valence-electron chi connectivity index (χ3n) is 3.24. The number of sulfonamides is 2. The highest BCUT2D eigenvalue weighted by Gasteiger charge is 2.28. The van der Waals surface area contributed by atoms with E-state index in [1.165, 1.54) is 31.3 Å². The van der Waals surface area contributed by atoms with Crippen LogP contribution in [0, 0.1) is 0 Å². The molecule has 0 saturated heterocycles. The Morgan fingerprint density at radius 3 is 1.93 bits per heavy atom. The zero-order chi connectivity index (χ0) is 20.3. The molecule has 0 bridgehead atoms. The molecule has 0 aromatic heterocycles. The van der Waals surface area contributed by atoms with Crippen molar-refractivity contribution in [2.75, 3.05) is 17.5 Å². The van der Waals surface area contributed by atoms with Gasteiger partial charge in [-0.2, -0.15) is 13.2 Å². The zero-order valence-electron chi connectivity index (χ0n) is 13.8. The number of thioether (sulfide) groups is 1. The van der Waals surface area contributed by atoms with Crippen molar-refractivity contribution in [3.63, 3.8) is 0 Å². The lowest BCUT2D eigenvalue weighted by Crippen LogP contribution is -2.19. The molecule has 2 aromatic rings. The predicted octanol–water partition coefficient (Wildman–Crippen LogP) is 3.05. The summed E-state index contributed by atoms with van der Waals surface area (Å²) in [5.74, 6) is -1.16. The normalized spacial score (nSPS) is 12.7. The van der Waals surface area contributed by atoms with Crippen LogP contribution < -0.4 is 9.44 Å². The Hall–Kier alpha value is -1.76. The maximum Gasteiger partial charge on any atom is 0.398 e. The summed E-state index contributed by atoms with van der Waals surface area (Å²) in [6.07, 6.45) is -4.40. The molecule has 0 unspecified atom stereocenters. The lowest BCUT2D eigenvalue weighted by Gasteiger charge is -2.13. The third kappa shape index (κ3) is 5.86. The van der Waals surface area contributed by atoms with Gasteiger partial charge >= 0.3 is 6.18 Å². The van der Waals surface area contributed by atoms with Crippen molar-refractivity contribution < 1.29 is 30.0 Å². The number of para-hydroxylation sites is 1. The summed E-state index contributed by atoms with van der Waals surface area (Å²) < 4.78 is 89.9. The van der Waals surface area contributed by atoms with E-state index < -0.39 is 32.0 Å². The highest BCUT2D eigenvalue weighted by Crippen LogP contribution is 2.33. The summed E-state index contributed by atoms with van der Waals surface area (Å²) in [6, 6.07) is 10.1. The molecule has 2 rings (SSSR count). The molecule has 27 heavy (non-hydrogen) atoms. The molecule has 0 aliphatic carbocycles. The summed E-state index contributed by atoms with van der Waals surface area (Å²) in [5.41, 5.74) is -0.00123. The lowest BCUT2D eigenvalue weighted by molar-refractivity contribution is -0.105. The number of halogens is 3. The number of hydrogen-bond acceptors (Lipinski definition) is 5. The molecule has 12 heteroatoms. The van der Waals surface area contributed by atoms with E-state index in [0.717, 1.165) is 24.3 Å². The second-order valence-electron chi connectivity index (χ2n) is 5.18. The van der Waals surface area contributed by atoms with E-state index in [1.807, 2.05) is 0 Å². The summed E-state index contributed by atoms with van der Waals surface area (Å²) >= 11 is 0.459. The molecular formula is C15H15F3N2O4S3. The van der Waals surface area contributed by atoms with E-state index >= 15 is 0 Å². The van der Waals surface area contributed by atoms with Gasteiger partial charge < -0.3 is 0 Å². The maximum atomic E-state index is 12.5. The van der Waals surface area contributed by atoms with Gasteiger partial charge in [-0.25, -0.2) is 21.6 Å². The quantitative estimate of drug-likeness (QED) is 0.646. The van der Waals surface area contributed by atoms with Gasteiger partial charge in [-0.15, -0.1) is 11.8 Å². The van der Waals surface area contributed by atoms with Crippen molar-refractivity contribution >= 4 is 37.5 Å². The fourth-order valence-corrected chi connectivity index (χ4v) is 4.60. The van der Waals surface area contributed by atoms with Crippen molar-refractivity contribution in [3.05, 3.63) is 48.5 Å². The molecule has 0 atom stereocenters. The van der Waals surface area contributed by atoms with E-state index in [1.54, 1.807) is 0 Å². The molecule has 0 amide bonds. The third-order valence-corrected chi connectivity index (χ3v) is 7.19. The van der Waals surface area contributed by atoms with Crippen molar-refractivity contribution in [1.29, 1.82) is 0 Å². The van der Waals surface area contributed by atoms with Crippen molar-refractivity contribution in [2.45, 2.75) is 20.9 Å². The van der Waals surface area contributed by atoms with Gasteiger partial charge in [0.15, 0.2) is 0 Å². The predicted molar refractivity (Wildman–Crippen MR) is 96.7 cm³/mol. The van der Waals surface area contributed by atoms with E-state index in [-0.39, 0.29) is 20.4 Å². The van der Waals surface area contributed by atoms with Gasteiger partial charge in [0.05, 0.1) is 21.2 Å². The van der Waals surface area contributed by atoms with E-state index in [0.29, 0.717) is 11.8 Å². The number of hydrogen-bond donors (Lipinski definition) is 2. The first kappa shape index (κ1) is 21.5. The summed E-state index contributed by atoms with van der Waals surface area (Å²) in [7, 11) is -6.62. The Morgan fingerprint density at radius 2 is 1.41 bits per heavy atom. The molecule has 0 spiro atoms. The van der Waals surface area contributed by atoms with Crippen molar-refractivity contribution in [2.24, 2.45) is 0 Å². The first-order valence-electron chi connectivity index (χ1n) is 7.30. The van der Waals surface area contributed by atoms with Crippen LogP contribution in [0.2, 0.25) is 0 Å². The van der Waals surface area contributed by atoms with Crippen molar-refractivity contribution in [1.82, 2.24) is 4.72 Å². The summed E-state index contributed by atoms with van der Waals surface area (Å²) in [4.78, 5) is -0.231. The molecule has 0 aliphatic rings. The molecule has 2 aromatic carbocycles. The lowest BCUT2D eigenvalue weighted by atomic mass is 10.3. The van der Waals surface area contributed by atoms with Gasteiger partial charge in [-0.1, -0.05) is 12.1 Å². The molecule has 0 radical (unpaired) electrons. The van der Waals surface area contributed by atoms with Gasteiger partial charge in [0.2, 0.25) is 10.0 Å². The van der Waals surface area contributed by atoms with Crippen LogP contribution in [-0.4, -0.2) is 35.8 Å². The van der Waals surface area contributed by atoms with Crippen LogP contribution >= 0.6 is 11.8 Å². The number of benzene rings is 2. The minimum absolute atomic E-state index is 0.00123. The first-order valence-corrected chi connectivity index (χ1v) is 11.2. The number of anilines is 1. The van der Waals surface area contributed by atoms with Crippen LogP contribution in [0.4, 0.5) is 18.9 Å². The van der Waals surface area contributed by atoms with Crippen LogP contribution in [0.5, 0.6) is 0 Å². The van der Waals surface area contributed by atoms with Gasteiger partial charge in [0.1, 0.15) is 0 Å². The Morgan fingerprint density at radius 1 is 0.889 bits per heavy atom. The maximum absolute atomic E-state index is 12.5. The SMILES string of the molecule is CNS(=O)(=O)c1ccc(S(=O)(=O)Nc2ccccc2SCC(F)(F)F)cc1. The second kappa shape index (κ2) is 8.09. The largest absolute Gasteiger partial charge is 0.398 e. The number of nitrogens with one attached hydrogen (secondary N) is 2. The van der Waals surface area contributed by atoms with Gasteiger partial charge in [-0.3, -0.25) is 4.72 Å². The topological polar surface area (TPSA) is 92.3 Å². The van der Waals surface area contributed by atoms with E-state index in [2.05, 4.69) is 9.44 Å². The Bertz CT molecular complexity index is 1010. The highest BCUT2D eigenvalue weighted by molar-refractivity contribution is 7.99. The van der Waals surface area contributed by atoms with Crippen molar-refractivity contribution in [3.8, 4) is 0 Å². The average Bonchev–Trinajstić information content (AvgIpc) is 2.60. The minimum atomic E-state index is -4.40. The monoisotopic (exact) mass is 440 g/mol. The van der Waals surface area contributed by atoms with Gasteiger partial charge in [0, 0.05) is 4.90 Å². The fourth-order valence-electron chi connectivity index (χ4n) is 1.96. The Labute approximate surface area is 159 Å². The van der Waals surface area contributed by atoms with Crippen LogP contribution in [0.1, 0.15) is 0 Å². The summed E-state index contributed by atoms with van der Waals surface area (Å²) in [6.45, 7) is 0. The fraction of sp³-hybridized carbons (Fsp3) is 0.200. The van der Waals surface area contributed by atoms with Crippen LogP contribution in [0.3, 0.4) is 0 Å². The average molecular weight is 440 g/mol. The molecule has 0 aliphatic heterocycles. The van der Waals surface area contributed by atoms with Crippen LogP contribution in [0.25, 0.3) is 0 Å². The first-order chi connectivity index (χ1) is 12.4. The molecule has 0 saturated carbocycles. The number of alkyl halides is 3. The van der Waals surface area contributed by atoms with Gasteiger partial charge in [0.25, 0.3) is 10.0 Å². The Kier molecular flexibility index (Phi) is 6.45. The second-order valence-corrected chi connectivity index (χ2v) is 9.77. The summed E-state index contributed by atoms with van der Waals surface area (Å²) in [5, 5.41) is 0. The smallest absolute Gasteiger partial charge is 0.278 e. The highest BCUT2D eigenvalue weighted by atomic mass is 32.2. The van der Waals surface area contributed by atoms with Crippen LogP contribution in [-0.2, 0) is 20.0 Å². The van der Waals surface area contributed by atoms with Gasteiger partial charge in [-0.05, 0) is 43.4 Å². The minimum Gasteiger partial charge on any atom is -0.278 e. The molecular weight excluding hydrogens is 425 g/mol. The molecule has 148 valence electrons. The molecule has 0 fully saturated rings. The van der Waals surface area contributed by atoms with Crippen LogP contribution in [0.15, 0.2) is 63.2 Å².